The number of amidine groups is 1. The van der Waals surface area contributed by atoms with Gasteiger partial charge in [-0.05, 0) is 12.1 Å². The number of thioether (sulfide) groups is 1. The molecule has 0 saturated carbocycles. The van der Waals surface area contributed by atoms with Crippen molar-refractivity contribution in [3.8, 4) is 0 Å². The Balaban J connectivity index is 2.46. The number of nitrogens with two attached hydrogens (primary N) is 2. The number of hydrogen-bond donors (Lipinski definition) is 4. The van der Waals surface area contributed by atoms with Gasteiger partial charge >= 0.3 is 0 Å². The Labute approximate surface area is 113 Å². The topological polar surface area (TPSA) is 130 Å². The van der Waals surface area contributed by atoms with E-state index >= 15 is 0 Å². The monoisotopic (exact) mass is 286 g/mol. The van der Waals surface area contributed by atoms with Gasteiger partial charge < -0.3 is 16.8 Å². The third-order valence-electron chi connectivity index (χ3n) is 1.60. The summed E-state index contributed by atoms with van der Waals surface area (Å²) >= 11 is 6.67. The van der Waals surface area contributed by atoms with Crippen LogP contribution >= 0.6 is 23.4 Å². The second-order valence-corrected chi connectivity index (χ2v) is 4.34. The lowest BCUT2D eigenvalue weighted by Gasteiger charge is -2.05. The molecule has 0 radical (unpaired) electrons. The number of anilines is 1. The largest absolute Gasteiger partial charge is 0.370 e. The highest BCUT2D eigenvalue weighted by atomic mass is 35.5. The summed E-state index contributed by atoms with van der Waals surface area (Å²) in [7, 11) is 0. The molecule has 0 spiro atoms. The molecular weight excluding hydrogens is 276 g/mol. The highest BCUT2D eigenvalue weighted by Crippen LogP contribution is 2.17. The molecule has 1 rings (SSSR count). The number of hydrogen-bond acceptors (Lipinski definition) is 4. The van der Waals surface area contributed by atoms with Gasteiger partial charge in [-0.2, -0.15) is 4.99 Å². The molecule has 0 aliphatic heterocycles. The first kappa shape index (κ1) is 14.3. The minimum atomic E-state index is -0.328. The van der Waals surface area contributed by atoms with Crippen molar-refractivity contribution in [1.29, 1.82) is 5.41 Å². The predicted molar refractivity (Wildman–Crippen MR) is 73.9 cm³/mol. The molecule has 18 heavy (non-hydrogen) atoms. The van der Waals surface area contributed by atoms with Crippen LogP contribution in [0.1, 0.15) is 0 Å². The quantitative estimate of drug-likeness (QED) is 0.367. The molecule has 0 aliphatic rings. The minimum Gasteiger partial charge on any atom is -0.370 e. The molecule has 1 aromatic rings. The average Bonchev–Trinajstić information content (AvgIpc) is 2.29. The number of nitrogens with one attached hydrogen (secondary N) is 2. The van der Waals surface area contributed by atoms with E-state index in [0.717, 1.165) is 11.8 Å². The van der Waals surface area contributed by atoms with Gasteiger partial charge in [-0.3, -0.25) is 10.2 Å². The summed E-state index contributed by atoms with van der Waals surface area (Å²) in [5.74, 6) is -0.547. The van der Waals surface area contributed by atoms with Gasteiger partial charge in [0.15, 0.2) is 16.3 Å². The van der Waals surface area contributed by atoms with Gasteiger partial charge in [0, 0.05) is 6.20 Å². The number of rotatable bonds is 3. The van der Waals surface area contributed by atoms with Crippen LogP contribution in [0, 0.1) is 5.41 Å². The van der Waals surface area contributed by atoms with E-state index in [1.54, 1.807) is 12.1 Å². The summed E-state index contributed by atoms with van der Waals surface area (Å²) in [5.41, 5.74) is 10.6. The predicted octanol–water partition coefficient (Wildman–Crippen LogP) is 0.615. The Bertz CT molecular complexity index is 488. The molecule has 7 nitrogen and oxygen atoms in total. The molecule has 6 N–H and O–H groups in total. The summed E-state index contributed by atoms with van der Waals surface area (Å²) in [6.07, 6.45) is 1.52. The number of guanidine groups is 1. The Morgan fingerprint density at radius 1 is 1.61 bits per heavy atom. The molecule has 0 atom stereocenters. The number of amides is 1. The molecule has 0 fully saturated rings. The van der Waals surface area contributed by atoms with Crippen LogP contribution in [0.2, 0.25) is 5.15 Å². The zero-order valence-corrected chi connectivity index (χ0v) is 10.8. The number of pyridine rings is 1. The third kappa shape index (κ3) is 5.02. The Morgan fingerprint density at radius 2 is 2.33 bits per heavy atom. The molecule has 1 amide bonds. The van der Waals surface area contributed by atoms with Crippen LogP contribution in [0.15, 0.2) is 23.3 Å². The first-order valence-corrected chi connectivity index (χ1v) is 6.06. The van der Waals surface area contributed by atoms with Crippen molar-refractivity contribution in [3.05, 3.63) is 23.5 Å². The van der Waals surface area contributed by atoms with E-state index in [4.69, 9.17) is 28.5 Å². The van der Waals surface area contributed by atoms with Gasteiger partial charge in [0.2, 0.25) is 5.91 Å². The summed E-state index contributed by atoms with van der Waals surface area (Å²) in [6.45, 7) is 0. The van der Waals surface area contributed by atoms with Gasteiger partial charge in [0.05, 0.1) is 11.4 Å². The van der Waals surface area contributed by atoms with Crippen molar-refractivity contribution in [2.45, 2.75) is 0 Å². The summed E-state index contributed by atoms with van der Waals surface area (Å²) in [6, 6.07) is 3.27. The van der Waals surface area contributed by atoms with Crippen LogP contribution in [0.3, 0.4) is 0 Å². The van der Waals surface area contributed by atoms with E-state index in [0.29, 0.717) is 5.69 Å². The van der Waals surface area contributed by atoms with Crippen LogP contribution in [0.4, 0.5) is 5.69 Å². The molecular formula is C9H11ClN6OS. The van der Waals surface area contributed by atoms with E-state index in [9.17, 15) is 4.79 Å². The van der Waals surface area contributed by atoms with Crippen molar-refractivity contribution in [3.63, 3.8) is 0 Å². The normalized spacial score (nSPS) is 9.61. The number of halogens is 1. The fourth-order valence-electron chi connectivity index (χ4n) is 0.949. The Hall–Kier alpha value is -1.80. The average molecular weight is 287 g/mol. The van der Waals surface area contributed by atoms with Crippen molar-refractivity contribution in [1.82, 2.24) is 4.98 Å². The van der Waals surface area contributed by atoms with Gasteiger partial charge in [-0.15, -0.1) is 0 Å². The van der Waals surface area contributed by atoms with Crippen LogP contribution in [-0.4, -0.2) is 27.8 Å². The molecule has 9 heteroatoms. The summed E-state index contributed by atoms with van der Waals surface area (Å²) in [4.78, 5) is 18.8. The molecule has 0 saturated heterocycles. The summed E-state index contributed by atoms with van der Waals surface area (Å²) in [5, 5.41) is 9.96. The van der Waals surface area contributed by atoms with E-state index < -0.39 is 0 Å². The number of nitrogens with zero attached hydrogens (tertiary/aromatic N) is 2. The van der Waals surface area contributed by atoms with Crippen LogP contribution in [0.25, 0.3) is 0 Å². The lowest BCUT2D eigenvalue weighted by atomic mass is 10.4. The zero-order chi connectivity index (χ0) is 13.5. The Morgan fingerprint density at radius 3 is 2.94 bits per heavy atom. The SMILES string of the molecule is N=C(N=C(N)N)SCC(=O)Nc1cccnc1Cl. The second kappa shape index (κ2) is 6.82. The number of carbonyl (C=O) groups excluding carboxylic acids is 1. The fourth-order valence-corrected chi connectivity index (χ4v) is 1.63. The molecule has 0 aromatic carbocycles. The van der Waals surface area contributed by atoms with Crippen LogP contribution < -0.4 is 16.8 Å². The highest BCUT2D eigenvalue weighted by molar-refractivity contribution is 8.14. The lowest BCUT2D eigenvalue weighted by Crippen LogP contribution is -2.24. The maximum atomic E-state index is 11.5. The van der Waals surface area contributed by atoms with Crippen molar-refractivity contribution >= 4 is 46.1 Å². The molecule has 0 bridgehead atoms. The maximum absolute atomic E-state index is 11.5. The molecule has 0 aliphatic carbocycles. The summed E-state index contributed by atoms with van der Waals surface area (Å²) < 4.78 is 0. The molecule has 1 heterocycles. The van der Waals surface area contributed by atoms with Gasteiger partial charge in [-0.25, -0.2) is 4.98 Å². The van der Waals surface area contributed by atoms with E-state index in [1.807, 2.05) is 0 Å². The molecule has 96 valence electrons. The smallest absolute Gasteiger partial charge is 0.234 e. The van der Waals surface area contributed by atoms with E-state index in [-0.39, 0.29) is 27.9 Å². The zero-order valence-electron chi connectivity index (χ0n) is 9.18. The minimum absolute atomic E-state index is 0.000830. The highest BCUT2D eigenvalue weighted by Gasteiger charge is 2.07. The molecule has 0 unspecified atom stereocenters. The second-order valence-electron chi connectivity index (χ2n) is 3.02. The lowest BCUT2D eigenvalue weighted by molar-refractivity contribution is -0.113. The van der Waals surface area contributed by atoms with Gasteiger partial charge in [0.25, 0.3) is 0 Å². The molecule has 1 aromatic heterocycles. The van der Waals surface area contributed by atoms with E-state index in [1.165, 1.54) is 6.20 Å². The first-order chi connectivity index (χ1) is 8.49. The van der Waals surface area contributed by atoms with E-state index in [2.05, 4.69) is 15.3 Å². The van der Waals surface area contributed by atoms with Crippen molar-refractivity contribution in [2.24, 2.45) is 16.5 Å². The Kier molecular flexibility index (Phi) is 5.40. The fraction of sp³-hybridized carbons (Fsp3) is 0.111. The van der Waals surface area contributed by atoms with Gasteiger partial charge in [-0.1, -0.05) is 23.4 Å². The van der Waals surface area contributed by atoms with Crippen molar-refractivity contribution in [2.75, 3.05) is 11.1 Å². The maximum Gasteiger partial charge on any atom is 0.234 e. The van der Waals surface area contributed by atoms with Crippen molar-refractivity contribution < 1.29 is 4.79 Å². The van der Waals surface area contributed by atoms with Gasteiger partial charge in [0.1, 0.15) is 0 Å². The number of aliphatic imine (C=N–C) groups is 1. The number of carbonyl (C=O) groups is 1. The van der Waals surface area contributed by atoms with Crippen LogP contribution in [-0.2, 0) is 4.79 Å². The standard InChI is InChI=1S/C9H11ClN6OS/c10-7-5(2-1-3-14-7)15-6(17)4-18-9(13)16-8(11)12/h1-3H,4H2,(H,15,17)(H5,11,12,13,16). The third-order valence-corrected chi connectivity index (χ3v) is 2.68. The number of aromatic nitrogens is 1. The first-order valence-electron chi connectivity index (χ1n) is 4.70. The van der Waals surface area contributed by atoms with Crippen LogP contribution in [0.5, 0.6) is 0 Å².